The SMILES string of the molecule is COC(=O)c1sc(NC(=O)c2nn(C)c(=O)c3ccccc23)nc1C. The number of esters is 1. The summed E-state index contributed by atoms with van der Waals surface area (Å²) in [6.07, 6.45) is 0. The number of aryl methyl sites for hydroxylation is 2. The van der Waals surface area contributed by atoms with Crippen molar-refractivity contribution in [1.29, 1.82) is 0 Å². The van der Waals surface area contributed by atoms with Crippen LogP contribution < -0.4 is 10.9 Å². The number of rotatable bonds is 3. The van der Waals surface area contributed by atoms with E-state index >= 15 is 0 Å². The van der Waals surface area contributed by atoms with Crippen molar-refractivity contribution in [3.63, 3.8) is 0 Å². The van der Waals surface area contributed by atoms with Crippen molar-refractivity contribution in [2.45, 2.75) is 6.92 Å². The molecule has 1 N–H and O–H groups in total. The lowest BCUT2D eigenvalue weighted by atomic mass is 10.1. The number of amides is 1. The van der Waals surface area contributed by atoms with Crippen LogP contribution in [-0.4, -0.2) is 33.8 Å². The highest BCUT2D eigenvalue weighted by Gasteiger charge is 2.20. The Bertz CT molecular complexity index is 1050. The molecule has 3 rings (SSSR count). The number of nitrogens with zero attached hydrogens (tertiary/aromatic N) is 3. The summed E-state index contributed by atoms with van der Waals surface area (Å²) in [7, 11) is 2.76. The van der Waals surface area contributed by atoms with Crippen LogP contribution in [-0.2, 0) is 11.8 Å². The molecule has 0 aliphatic rings. The monoisotopic (exact) mass is 358 g/mol. The molecule has 1 amide bonds. The van der Waals surface area contributed by atoms with Crippen molar-refractivity contribution < 1.29 is 14.3 Å². The maximum Gasteiger partial charge on any atom is 0.350 e. The normalized spacial score (nSPS) is 10.7. The first-order valence-electron chi connectivity index (χ1n) is 7.25. The van der Waals surface area contributed by atoms with Crippen LogP contribution in [0.2, 0.25) is 0 Å². The molecule has 0 saturated heterocycles. The average Bonchev–Trinajstić information content (AvgIpc) is 2.97. The fourth-order valence-corrected chi connectivity index (χ4v) is 3.24. The molecule has 128 valence electrons. The van der Waals surface area contributed by atoms with Gasteiger partial charge in [-0.2, -0.15) is 5.10 Å². The van der Waals surface area contributed by atoms with Gasteiger partial charge in [0.15, 0.2) is 10.8 Å². The lowest BCUT2D eigenvalue weighted by molar-refractivity contribution is 0.0605. The standard InChI is InChI=1S/C16H14N4O4S/c1-8-12(15(23)24-3)25-16(17-8)18-13(21)11-9-6-4-5-7-10(9)14(22)20(2)19-11/h4-7H,1-3H3,(H,17,18,21). The maximum atomic E-state index is 12.6. The van der Waals surface area contributed by atoms with Gasteiger partial charge in [0, 0.05) is 12.4 Å². The van der Waals surface area contributed by atoms with E-state index in [1.807, 2.05) is 0 Å². The van der Waals surface area contributed by atoms with Gasteiger partial charge in [0.1, 0.15) is 4.88 Å². The average molecular weight is 358 g/mol. The molecule has 0 saturated carbocycles. The minimum Gasteiger partial charge on any atom is -0.465 e. The Hall–Kier alpha value is -3.07. The number of thiazole rings is 1. The van der Waals surface area contributed by atoms with Crippen LogP contribution in [0.4, 0.5) is 5.13 Å². The Morgan fingerprint density at radius 3 is 2.60 bits per heavy atom. The van der Waals surface area contributed by atoms with Crippen molar-refractivity contribution in [3.05, 3.63) is 50.9 Å². The summed E-state index contributed by atoms with van der Waals surface area (Å²) in [5, 5.41) is 7.77. The fourth-order valence-electron chi connectivity index (χ4n) is 2.36. The van der Waals surface area contributed by atoms with Crippen molar-refractivity contribution in [2.24, 2.45) is 7.05 Å². The van der Waals surface area contributed by atoms with E-state index in [4.69, 9.17) is 0 Å². The number of anilines is 1. The second-order valence-corrected chi connectivity index (χ2v) is 6.20. The topological polar surface area (TPSA) is 103 Å². The zero-order valence-electron chi connectivity index (χ0n) is 13.7. The zero-order valence-corrected chi connectivity index (χ0v) is 14.5. The molecule has 0 unspecified atom stereocenters. The van der Waals surface area contributed by atoms with Crippen LogP contribution in [0.3, 0.4) is 0 Å². The molecule has 2 aromatic heterocycles. The van der Waals surface area contributed by atoms with E-state index in [2.05, 4.69) is 20.1 Å². The third-order valence-electron chi connectivity index (χ3n) is 3.56. The molecule has 0 atom stereocenters. The van der Waals surface area contributed by atoms with Crippen molar-refractivity contribution in [1.82, 2.24) is 14.8 Å². The van der Waals surface area contributed by atoms with Crippen LogP contribution in [0.15, 0.2) is 29.1 Å². The van der Waals surface area contributed by atoms with Gasteiger partial charge in [-0.3, -0.25) is 14.9 Å². The van der Waals surface area contributed by atoms with Gasteiger partial charge in [0.2, 0.25) is 0 Å². The summed E-state index contributed by atoms with van der Waals surface area (Å²) < 4.78 is 5.79. The maximum absolute atomic E-state index is 12.6. The van der Waals surface area contributed by atoms with E-state index in [9.17, 15) is 14.4 Å². The smallest absolute Gasteiger partial charge is 0.350 e. The van der Waals surface area contributed by atoms with Crippen molar-refractivity contribution >= 4 is 39.1 Å². The Morgan fingerprint density at radius 1 is 1.24 bits per heavy atom. The number of methoxy groups -OCH3 is 1. The van der Waals surface area contributed by atoms with E-state index in [0.29, 0.717) is 21.3 Å². The highest BCUT2D eigenvalue weighted by molar-refractivity contribution is 7.17. The zero-order chi connectivity index (χ0) is 18.1. The van der Waals surface area contributed by atoms with Crippen LogP contribution in [0.1, 0.15) is 25.9 Å². The second kappa shape index (κ2) is 6.44. The summed E-state index contributed by atoms with van der Waals surface area (Å²) in [4.78, 5) is 40.9. The van der Waals surface area contributed by atoms with Gasteiger partial charge in [-0.25, -0.2) is 14.5 Å². The van der Waals surface area contributed by atoms with Gasteiger partial charge in [0.05, 0.1) is 18.2 Å². The number of fused-ring (bicyclic) bond motifs is 1. The number of nitrogens with one attached hydrogen (secondary N) is 1. The molecule has 0 radical (unpaired) electrons. The first-order valence-corrected chi connectivity index (χ1v) is 8.07. The van der Waals surface area contributed by atoms with Crippen molar-refractivity contribution in [3.8, 4) is 0 Å². The quantitative estimate of drug-likeness (QED) is 0.715. The highest BCUT2D eigenvalue weighted by atomic mass is 32.1. The fraction of sp³-hybridized carbons (Fsp3) is 0.188. The number of benzene rings is 1. The van der Waals surface area contributed by atoms with Crippen molar-refractivity contribution in [2.75, 3.05) is 12.4 Å². The lowest BCUT2D eigenvalue weighted by Gasteiger charge is -2.07. The third kappa shape index (κ3) is 3.01. The number of carbonyl (C=O) groups excluding carboxylic acids is 2. The van der Waals surface area contributed by atoms with Gasteiger partial charge < -0.3 is 4.74 Å². The van der Waals surface area contributed by atoms with E-state index in [1.165, 1.54) is 14.2 Å². The lowest BCUT2D eigenvalue weighted by Crippen LogP contribution is -2.25. The molecule has 1 aromatic carbocycles. The number of aromatic nitrogens is 3. The summed E-state index contributed by atoms with van der Waals surface area (Å²) in [6, 6.07) is 6.74. The van der Waals surface area contributed by atoms with Crippen LogP contribution >= 0.6 is 11.3 Å². The minimum absolute atomic E-state index is 0.102. The molecule has 0 aliphatic carbocycles. The van der Waals surface area contributed by atoms with Crippen LogP contribution in [0.25, 0.3) is 10.8 Å². The van der Waals surface area contributed by atoms with Gasteiger partial charge in [-0.05, 0) is 13.0 Å². The van der Waals surface area contributed by atoms with E-state index in [1.54, 1.807) is 31.2 Å². The molecular formula is C16H14N4O4S. The first-order chi connectivity index (χ1) is 11.9. The molecule has 3 aromatic rings. The van der Waals surface area contributed by atoms with Crippen LogP contribution in [0, 0.1) is 6.92 Å². The minimum atomic E-state index is -0.517. The van der Waals surface area contributed by atoms with Gasteiger partial charge in [-0.1, -0.05) is 29.5 Å². The van der Waals surface area contributed by atoms with Gasteiger partial charge in [0.25, 0.3) is 11.5 Å². The molecular weight excluding hydrogens is 344 g/mol. The number of hydrogen-bond donors (Lipinski definition) is 1. The number of hydrogen-bond acceptors (Lipinski definition) is 7. The third-order valence-corrected chi connectivity index (χ3v) is 4.61. The van der Waals surface area contributed by atoms with E-state index < -0.39 is 11.9 Å². The number of carbonyl (C=O) groups is 2. The Morgan fingerprint density at radius 2 is 1.92 bits per heavy atom. The summed E-state index contributed by atoms with van der Waals surface area (Å²) >= 11 is 1.01. The summed E-state index contributed by atoms with van der Waals surface area (Å²) in [6.45, 7) is 1.65. The molecule has 0 aliphatic heterocycles. The molecule has 25 heavy (non-hydrogen) atoms. The Labute approximate surface area is 146 Å². The molecule has 0 spiro atoms. The first kappa shape index (κ1) is 16.8. The van der Waals surface area contributed by atoms with Crippen LogP contribution in [0.5, 0.6) is 0 Å². The predicted octanol–water partition coefficient (Wildman–Crippen LogP) is 1.74. The predicted molar refractivity (Wildman–Crippen MR) is 93.1 cm³/mol. The Kier molecular flexibility index (Phi) is 4.32. The highest BCUT2D eigenvalue weighted by Crippen LogP contribution is 2.24. The molecule has 0 fully saturated rings. The summed E-state index contributed by atoms with van der Waals surface area (Å²) in [5.41, 5.74) is 0.279. The molecule has 0 bridgehead atoms. The largest absolute Gasteiger partial charge is 0.465 e. The van der Waals surface area contributed by atoms with Gasteiger partial charge in [-0.15, -0.1) is 0 Å². The van der Waals surface area contributed by atoms with E-state index in [-0.39, 0.29) is 16.4 Å². The molecule has 8 nitrogen and oxygen atoms in total. The Balaban J connectivity index is 2.00. The van der Waals surface area contributed by atoms with Gasteiger partial charge >= 0.3 is 5.97 Å². The summed E-state index contributed by atoms with van der Waals surface area (Å²) in [5.74, 6) is -1.03. The molecule has 2 heterocycles. The molecule has 9 heteroatoms. The number of ether oxygens (including phenoxy) is 1. The second-order valence-electron chi connectivity index (χ2n) is 5.20. The van der Waals surface area contributed by atoms with E-state index in [0.717, 1.165) is 16.0 Å².